The highest BCUT2D eigenvalue weighted by Gasteiger charge is 2.41. The maximum Gasteiger partial charge on any atom is 0.329 e. The van der Waals surface area contributed by atoms with Gasteiger partial charge in [0.25, 0.3) is 0 Å². The summed E-state index contributed by atoms with van der Waals surface area (Å²) in [7, 11) is -3.76. The number of nitrogens with one attached hydrogen (secondary N) is 2. The van der Waals surface area contributed by atoms with Crippen LogP contribution in [0.1, 0.15) is 64.7 Å². The number of aliphatic carboxylic acids is 1. The van der Waals surface area contributed by atoms with E-state index in [2.05, 4.69) is 17.0 Å². The van der Waals surface area contributed by atoms with Gasteiger partial charge in [-0.25, -0.2) is 17.9 Å². The van der Waals surface area contributed by atoms with Crippen LogP contribution in [0.4, 0.5) is 0 Å². The molecule has 2 fully saturated rings. The third-order valence-corrected chi connectivity index (χ3v) is 6.51. The summed E-state index contributed by atoms with van der Waals surface area (Å²) in [5.74, 6) is -1.93. The van der Waals surface area contributed by atoms with Gasteiger partial charge in [0.15, 0.2) is 0 Å². The van der Waals surface area contributed by atoms with E-state index in [0.717, 1.165) is 44.9 Å². The molecule has 0 saturated heterocycles. The minimum absolute atomic E-state index is 0.123. The van der Waals surface area contributed by atoms with Gasteiger partial charge in [-0.1, -0.05) is 26.2 Å². The number of hydrogen-bond acceptors (Lipinski definition) is 4. The molecule has 0 aromatic rings. The number of carbonyl (C=O) groups is 2. The lowest BCUT2D eigenvalue weighted by atomic mass is 9.81. The third kappa shape index (κ3) is 5.17. The maximum absolute atomic E-state index is 12.2. The summed E-state index contributed by atoms with van der Waals surface area (Å²) in [4.78, 5) is 23.7. The average molecular weight is 360 g/mol. The highest BCUT2D eigenvalue weighted by molar-refractivity contribution is 7.90. The van der Waals surface area contributed by atoms with E-state index in [9.17, 15) is 23.1 Å². The van der Waals surface area contributed by atoms with Crippen LogP contribution in [0.25, 0.3) is 0 Å². The molecule has 24 heavy (non-hydrogen) atoms. The summed E-state index contributed by atoms with van der Waals surface area (Å²) in [5, 5.41) is 11.9. The first-order chi connectivity index (χ1) is 11.2. The molecule has 1 amide bonds. The summed E-state index contributed by atoms with van der Waals surface area (Å²) >= 11 is 0. The van der Waals surface area contributed by atoms with Gasteiger partial charge >= 0.3 is 5.97 Å². The molecule has 2 saturated carbocycles. The lowest BCUT2D eigenvalue weighted by Gasteiger charge is -2.34. The highest BCUT2D eigenvalue weighted by atomic mass is 32.2. The van der Waals surface area contributed by atoms with Crippen LogP contribution in [0, 0.1) is 5.92 Å². The van der Waals surface area contributed by atoms with Crippen molar-refractivity contribution >= 4 is 21.9 Å². The van der Waals surface area contributed by atoms with E-state index in [1.54, 1.807) is 0 Å². The lowest BCUT2D eigenvalue weighted by molar-refractivity contribution is -0.148. The summed E-state index contributed by atoms with van der Waals surface area (Å²) < 4.78 is 27.0. The molecule has 0 heterocycles. The van der Waals surface area contributed by atoms with Crippen LogP contribution < -0.4 is 10.0 Å². The molecule has 8 heteroatoms. The Kier molecular flexibility index (Phi) is 6.25. The van der Waals surface area contributed by atoms with E-state index >= 15 is 0 Å². The van der Waals surface area contributed by atoms with Crippen molar-refractivity contribution in [2.45, 2.75) is 76.3 Å². The monoisotopic (exact) mass is 360 g/mol. The average Bonchev–Trinajstić information content (AvgIpc) is 2.49. The SMILES string of the molecule is CC1CCC(NS(=O)(=O)CC(=O)NC2(C(=O)O)CCCCC2)CC1. The Balaban J connectivity index is 1.91. The molecular weight excluding hydrogens is 332 g/mol. The molecule has 3 N–H and O–H groups in total. The topological polar surface area (TPSA) is 113 Å². The van der Waals surface area contributed by atoms with Crippen LogP contribution >= 0.6 is 0 Å². The van der Waals surface area contributed by atoms with E-state index in [4.69, 9.17) is 0 Å². The maximum atomic E-state index is 12.2. The quantitative estimate of drug-likeness (QED) is 0.662. The van der Waals surface area contributed by atoms with Gasteiger partial charge in [0.2, 0.25) is 15.9 Å². The minimum atomic E-state index is -3.76. The molecule has 0 atom stereocenters. The summed E-state index contributed by atoms with van der Waals surface area (Å²) in [6.07, 6.45) is 6.58. The van der Waals surface area contributed by atoms with Gasteiger partial charge < -0.3 is 10.4 Å². The van der Waals surface area contributed by atoms with Gasteiger partial charge in [-0.05, 0) is 44.4 Å². The normalized spacial score (nSPS) is 27.4. The lowest BCUT2D eigenvalue weighted by Crippen LogP contribution is -2.57. The predicted octanol–water partition coefficient (Wildman–Crippen LogP) is 1.39. The molecule has 0 aromatic carbocycles. The first-order valence-electron chi connectivity index (χ1n) is 8.77. The largest absolute Gasteiger partial charge is 0.480 e. The first-order valence-corrected chi connectivity index (χ1v) is 10.4. The van der Waals surface area contributed by atoms with E-state index in [-0.39, 0.29) is 6.04 Å². The zero-order valence-electron chi connectivity index (χ0n) is 14.2. The first kappa shape index (κ1) is 19.2. The fraction of sp³-hybridized carbons (Fsp3) is 0.875. The second kappa shape index (κ2) is 7.82. The third-order valence-electron chi connectivity index (χ3n) is 5.18. The summed E-state index contributed by atoms with van der Waals surface area (Å²) in [6.45, 7) is 2.15. The van der Waals surface area contributed by atoms with E-state index in [1.807, 2.05) is 0 Å². The van der Waals surface area contributed by atoms with Crippen LogP contribution in [-0.4, -0.2) is 42.7 Å². The molecule has 0 spiro atoms. The second-order valence-corrected chi connectivity index (χ2v) is 9.08. The fourth-order valence-corrected chi connectivity index (χ4v) is 4.94. The van der Waals surface area contributed by atoms with Gasteiger partial charge in [0, 0.05) is 6.04 Å². The van der Waals surface area contributed by atoms with Crippen molar-refractivity contribution in [3.05, 3.63) is 0 Å². The van der Waals surface area contributed by atoms with Gasteiger partial charge in [0.1, 0.15) is 11.3 Å². The molecule has 7 nitrogen and oxygen atoms in total. The van der Waals surface area contributed by atoms with Crippen molar-refractivity contribution in [2.24, 2.45) is 5.92 Å². The Morgan fingerprint density at radius 3 is 2.21 bits per heavy atom. The molecule has 0 radical (unpaired) electrons. The van der Waals surface area contributed by atoms with Crippen molar-refractivity contribution in [3.63, 3.8) is 0 Å². The number of amides is 1. The molecule has 0 aliphatic heterocycles. The number of carbonyl (C=O) groups excluding carboxylic acids is 1. The molecule has 0 bridgehead atoms. The van der Waals surface area contributed by atoms with Crippen molar-refractivity contribution in [1.29, 1.82) is 0 Å². The number of hydrogen-bond donors (Lipinski definition) is 3. The van der Waals surface area contributed by atoms with E-state index in [0.29, 0.717) is 18.8 Å². The number of carboxylic acid groups (broad SMARTS) is 1. The number of rotatable bonds is 6. The van der Waals surface area contributed by atoms with Crippen molar-refractivity contribution < 1.29 is 23.1 Å². The van der Waals surface area contributed by atoms with E-state index < -0.39 is 33.2 Å². The Hall–Kier alpha value is -1.15. The fourth-order valence-electron chi connectivity index (χ4n) is 3.70. The Bertz CT molecular complexity index is 561. The second-order valence-electron chi connectivity index (χ2n) is 7.33. The van der Waals surface area contributed by atoms with Gasteiger partial charge in [-0.3, -0.25) is 4.79 Å². The molecule has 2 aliphatic rings. The molecule has 0 unspecified atom stereocenters. The van der Waals surface area contributed by atoms with Crippen molar-refractivity contribution in [1.82, 2.24) is 10.0 Å². The number of sulfonamides is 1. The Morgan fingerprint density at radius 1 is 1.08 bits per heavy atom. The van der Waals surface area contributed by atoms with Crippen LogP contribution in [-0.2, 0) is 19.6 Å². The van der Waals surface area contributed by atoms with Crippen LogP contribution in [0.3, 0.4) is 0 Å². The van der Waals surface area contributed by atoms with Crippen LogP contribution in [0.15, 0.2) is 0 Å². The van der Waals surface area contributed by atoms with Crippen molar-refractivity contribution in [3.8, 4) is 0 Å². The summed E-state index contributed by atoms with van der Waals surface area (Å²) in [6, 6.07) is -0.123. The number of carboxylic acids is 1. The Labute approximate surface area is 143 Å². The van der Waals surface area contributed by atoms with E-state index in [1.165, 1.54) is 0 Å². The molecule has 0 aromatic heterocycles. The summed E-state index contributed by atoms with van der Waals surface area (Å²) in [5.41, 5.74) is -1.31. The van der Waals surface area contributed by atoms with Crippen LogP contribution in [0.5, 0.6) is 0 Å². The standard InChI is InChI=1S/C16H28N2O5S/c1-12-5-7-13(8-6-12)18-24(22,23)11-14(19)17-16(15(20)21)9-3-2-4-10-16/h12-13,18H,2-11H2,1H3,(H,17,19)(H,20,21). The zero-order valence-corrected chi connectivity index (χ0v) is 15.0. The smallest absolute Gasteiger partial charge is 0.329 e. The molecule has 138 valence electrons. The molecular formula is C16H28N2O5S. The van der Waals surface area contributed by atoms with Gasteiger partial charge in [-0.15, -0.1) is 0 Å². The van der Waals surface area contributed by atoms with Crippen LogP contribution in [0.2, 0.25) is 0 Å². The minimum Gasteiger partial charge on any atom is -0.480 e. The van der Waals surface area contributed by atoms with Gasteiger partial charge in [0.05, 0.1) is 0 Å². The highest BCUT2D eigenvalue weighted by Crippen LogP contribution is 2.28. The molecule has 2 rings (SSSR count). The Morgan fingerprint density at radius 2 is 1.67 bits per heavy atom. The molecule has 2 aliphatic carbocycles. The predicted molar refractivity (Wildman–Crippen MR) is 89.9 cm³/mol. The zero-order chi connectivity index (χ0) is 17.8. The van der Waals surface area contributed by atoms with Crippen molar-refractivity contribution in [2.75, 3.05) is 5.75 Å². The van der Waals surface area contributed by atoms with Gasteiger partial charge in [-0.2, -0.15) is 0 Å².